The number of anilines is 2. The second-order valence-electron chi connectivity index (χ2n) is 4.05. The lowest BCUT2D eigenvalue weighted by Crippen LogP contribution is -2.16. The first-order valence-electron chi connectivity index (χ1n) is 5.65. The van der Waals surface area contributed by atoms with E-state index in [2.05, 4.69) is 26.1 Å². The molecule has 0 unspecified atom stereocenters. The van der Waals surface area contributed by atoms with Crippen molar-refractivity contribution in [2.45, 2.75) is 0 Å². The Labute approximate surface area is 123 Å². The van der Waals surface area contributed by atoms with Gasteiger partial charge in [-0.15, -0.1) is 0 Å². The van der Waals surface area contributed by atoms with Crippen molar-refractivity contribution in [2.75, 3.05) is 11.9 Å². The second-order valence-corrected chi connectivity index (χ2v) is 4.97. The fraction of sp³-hybridized carbons (Fsp3) is 0.0769. The molecule has 1 heterocycles. The Bertz CT molecular complexity index is 663. The molecule has 5 nitrogen and oxygen atoms in total. The molecule has 104 valence electrons. The van der Waals surface area contributed by atoms with Crippen LogP contribution in [0.15, 0.2) is 46.2 Å². The van der Waals surface area contributed by atoms with Crippen molar-refractivity contribution < 1.29 is 9.60 Å². The molecule has 1 aromatic carbocycles. The zero-order chi connectivity index (χ0) is 14.7. The van der Waals surface area contributed by atoms with Crippen LogP contribution < -0.4 is 10.6 Å². The highest BCUT2D eigenvalue weighted by molar-refractivity contribution is 9.10. The normalized spacial score (nSPS) is 11.4. The molecule has 0 amide bonds. The number of nitrogens with zero attached hydrogens (tertiary/aromatic N) is 3. The van der Waals surface area contributed by atoms with Gasteiger partial charge in [-0.2, -0.15) is 0 Å². The van der Waals surface area contributed by atoms with Gasteiger partial charge >= 0.3 is 0 Å². The second kappa shape index (κ2) is 5.87. The van der Waals surface area contributed by atoms with Crippen LogP contribution in [0.2, 0.25) is 0 Å². The molecule has 2 rings (SSSR count). The summed E-state index contributed by atoms with van der Waals surface area (Å²) in [5.41, 5.74) is 6.74. The van der Waals surface area contributed by atoms with Gasteiger partial charge in [0.2, 0.25) is 0 Å². The van der Waals surface area contributed by atoms with Crippen molar-refractivity contribution >= 4 is 33.3 Å². The summed E-state index contributed by atoms with van der Waals surface area (Å²) in [5, 5.41) is 11.6. The number of hydrogen-bond acceptors (Lipinski definition) is 4. The lowest BCUT2D eigenvalue weighted by molar-refractivity contribution is 0.318. The molecule has 20 heavy (non-hydrogen) atoms. The van der Waals surface area contributed by atoms with Gasteiger partial charge in [0.1, 0.15) is 0 Å². The third-order valence-corrected chi connectivity index (χ3v) is 3.18. The van der Waals surface area contributed by atoms with Gasteiger partial charge in [-0.25, -0.2) is 9.37 Å². The molecule has 0 aliphatic heterocycles. The number of rotatable bonds is 3. The monoisotopic (exact) mass is 338 g/mol. The molecule has 7 heteroatoms. The Balaban J connectivity index is 2.40. The topological polar surface area (TPSA) is 74.7 Å². The fourth-order valence-corrected chi connectivity index (χ4v) is 2.01. The van der Waals surface area contributed by atoms with E-state index in [-0.39, 0.29) is 11.7 Å². The number of halogens is 2. The largest absolute Gasteiger partial charge is 0.409 e. The van der Waals surface area contributed by atoms with Gasteiger partial charge in [0.05, 0.1) is 0 Å². The first-order valence-corrected chi connectivity index (χ1v) is 6.45. The van der Waals surface area contributed by atoms with E-state index >= 15 is 0 Å². The minimum absolute atomic E-state index is 0.00973. The van der Waals surface area contributed by atoms with E-state index in [1.165, 1.54) is 12.3 Å². The quantitative estimate of drug-likeness (QED) is 0.390. The highest BCUT2D eigenvalue weighted by Crippen LogP contribution is 2.26. The predicted octanol–water partition coefficient (Wildman–Crippen LogP) is 2.85. The first-order chi connectivity index (χ1) is 9.52. The van der Waals surface area contributed by atoms with E-state index in [4.69, 9.17) is 10.9 Å². The lowest BCUT2D eigenvalue weighted by Gasteiger charge is -2.19. The van der Waals surface area contributed by atoms with E-state index in [0.29, 0.717) is 15.7 Å². The summed E-state index contributed by atoms with van der Waals surface area (Å²) in [6.07, 6.45) is 1.52. The number of hydrogen-bond donors (Lipinski definition) is 2. The minimum Gasteiger partial charge on any atom is -0.409 e. The first kappa shape index (κ1) is 14.3. The fourth-order valence-electron chi connectivity index (χ4n) is 1.71. The number of amidine groups is 1. The molecule has 0 spiro atoms. The Morgan fingerprint density at radius 3 is 2.85 bits per heavy atom. The minimum atomic E-state index is -0.448. The molecular weight excluding hydrogens is 327 g/mol. The van der Waals surface area contributed by atoms with Gasteiger partial charge in [0, 0.05) is 29.0 Å². The molecule has 0 bridgehead atoms. The maximum Gasteiger partial charge on any atom is 0.170 e. The van der Waals surface area contributed by atoms with E-state index in [9.17, 15) is 4.39 Å². The Morgan fingerprint density at radius 1 is 1.45 bits per heavy atom. The molecule has 2 aromatic rings. The number of aromatic nitrogens is 1. The number of pyridine rings is 1. The van der Waals surface area contributed by atoms with Crippen LogP contribution >= 0.6 is 15.9 Å². The highest BCUT2D eigenvalue weighted by atomic mass is 79.9. The van der Waals surface area contributed by atoms with E-state index in [1.54, 1.807) is 36.2 Å². The zero-order valence-electron chi connectivity index (χ0n) is 10.6. The van der Waals surface area contributed by atoms with E-state index in [1.807, 2.05) is 0 Å². The SMILES string of the molecule is CN(c1cccc(/C(N)=N/O)c1)c1ncc(Br)cc1F. The maximum atomic E-state index is 13.9. The van der Waals surface area contributed by atoms with E-state index < -0.39 is 5.82 Å². The van der Waals surface area contributed by atoms with Crippen molar-refractivity contribution in [2.24, 2.45) is 10.9 Å². The van der Waals surface area contributed by atoms with Crippen LogP contribution in [0.1, 0.15) is 5.56 Å². The summed E-state index contributed by atoms with van der Waals surface area (Å²) in [7, 11) is 1.69. The molecule has 0 aliphatic carbocycles. The maximum absolute atomic E-state index is 13.9. The summed E-state index contributed by atoms with van der Waals surface area (Å²) >= 11 is 3.16. The standard InChI is InChI=1S/C13H12BrFN4O/c1-19(13-11(15)6-9(14)7-17-13)10-4-2-3-8(5-10)12(16)18-20/h2-7,20H,1H3,(H2,16,18). The molecule has 0 aliphatic rings. The summed E-state index contributed by atoms with van der Waals surface area (Å²) in [4.78, 5) is 5.62. The number of benzene rings is 1. The number of oxime groups is 1. The number of nitrogens with two attached hydrogens (primary N) is 1. The summed E-state index contributed by atoms with van der Waals surface area (Å²) in [5.74, 6) is -0.273. The molecule has 0 radical (unpaired) electrons. The third-order valence-electron chi connectivity index (χ3n) is 2.74. The van der Waals surface area contributed by atoms with Crippen LogP contribution in [0.5, 0.6) is 0 Å². The van der Waals surface area contributed by atoms with Crippen LogP contribution in [0.4, 0.5) is 15.9 Å². The summed E-state index contributed by atoms with van der Waals surface area (Å²) < 4.78 is 14.5. The van der Waals surface area contributed by atoms with Crippen LogP contribution in [0.3, 0.4) is 0 Å². The molecule has 0 saturated carbocycles. The van der Waals surface area contributed by atoms with Crippen molar-refractivity contribution in [1.29, 1.82) is 0 Å². The van der Waals surface area contributed by atoms with Crippen molar-refractivity contribution in [3.63, 3.8) is 0 Å². The van der Waals surface area contributed by atoms with Crippen LogP contribution in [-0.4, -0.2) is 23.1 Å². The van der Waals surface area contributed by atoms with Gasteiger partial charge in [-0.05, 0) is 34.1 Å². The summed E-state index contributed by atoms with van der Waals surface area (Å²) in [6.45, 7) is 0. The van der Waals surface area contributed by atoms with Gasteiger partial charge < -0.3 is 15.8 Å². The highest BCUT2D eigenvalue weighted by Gasteiger charge is 2.12. The average Bonchev–Trinajstić information content (AvgIpc) is 2.46. The van der Waals surface area contributed by atoms with E-state index in [0.717, 1.165) is 0 Å². The van der Waals surface area contributed by atoms with Gasteiger partial charge in [-0.3, -0.25) is 0 Å². The van der Waals surface area contributed by atoms with Crippen LogP contribution in [0, 0.1) is 5.82 Å². The Kier molecular flexibility index (Phi) is 4.19. The molecule has 0 fully saturated rings. The van der Waals surface area contributed by atoms with Crippen LogP contribution in [-0.2, 0) is 0 Å². The molecule has 1 aromatic heterocycles. The molecule has 3 N–H and O–H groups in total. The van der Waals surface area contributed by atoms with Crippen LogP contribution in [0.25, 0.3) is 0 Å². The average molecular weight is 339 g/mol. The predicted molar refractivity (Wildman–Crippen MR) is 78.9 cm³/mol. The lowest BCUT2D eigenvalue weighted by atomic mass is 10.1. The van der Waals surface area contributed by atoms with Crippen molar-refractivity contribution in [3.8, 4) is 0 Å². The Morgan fingerprint density at radius 2 is 2.20 bits per heavy atom. The molecule has 0 atom stereocenters. The smallest absolute Gasteiger partial charge is 0.170 e. The zero-order valence-corrected chi connectivity index (χ0v) is 12.2. The van der Waals surface area contributed by atoms with Gasteiger partial charge in [0.15, 0.2) is 17.5 Å². The molecular formula is C13H12BrFN4O. The van der Waals surface area contributed by atoms with Gasteiger partial charge in [-0.1, -0.05) is 17.3 Å². The van der Waals surface area contributed by atoms with Gasteiger partial charge in [0.25, 0.3) is 0 Å². The Hall–Kier alpha value is -2.15. The third kappa shape index (κ3) is 2.88. The summed E-state index contributed by atoms with van der Waals surface area (Å²) in [6, 6.07) is 8.22. The van der Waals surface area contributed by atoms with Crippen molar-refractivity contribution in [1.82, 2.24) is 4.98 Å². The van der Waals surface area contributed by atoms with Crippen molar-refractivity contribution in [3.05, 3.63) is 52.4 Å². The molecule has 0 saturated heterocycles.